The molecule has 0 spiro atoms. The van der Waals surface area contributed by atoms with Gasteiger partial charge in [0.05, 0.1) is 26.4 Å². The number of rotatable bonds is 10. The molecule has 0 amide bonds. The lowest BCUT2D eigenvalue weighted by Gasteiger charge is -2.49. The van der Waals surface area contributed by atoms with Gasteiger partial charge >= 0.3 is 0 Å². The van der Waals surface area contributed by atoms with Crippen LogP contribution in [-0.4, -0.2) is 86.2 Å². The first kappa shape index (κ1) is 34.3. The fourth-order valence-electron chi connectivity index (χ4n) is 7.33. The number of hydrogen-bond donors (Lipinski definition) is 0. The molecule has 6 unspecified atom stereocenters. The minimum atomic E-state index is -0.918. The molecule has 11 nitrogen and oxygen atoms in total. The Morgan fingerprint density at radius 2 is 1.20 bits per heavy atom. The van der Waals surface area contributed by atoms with Crippen molar-refractivity contribution >= 4 is 0 Å². The molecule has 8 rings (SSSR count). The van der Waals surface area contributed by atoms with Crippen molar-refractivity contribution in [2.24, 2.45) is 0 Å². The molecule has 5 heterocycles. The van der Waals surface area contributed by atoms with E-state index in [0.717, 1.165) is 16.7 Å². The van der Waals surface area contributed by atoms with Crippen molar-refractivity contribution in [1.29, 1.82) is 0 Å². The quantitative estimate of drug-likeness (QED) is 0.273. The Hall–Kier alpha value is -2.78. The maximum atomic E-state index is 6.99. The normalized spacial score (nSPS) is 37.3. The van der Waals surface area contributed by atoms with Gasteiger partial charge in [-0.1, -0.05) is 91.0 Å². The maximum Gasteiger partial charge on any atom is 0.190 e. The van der Waals surface area contributed by atoms with Gasteiger partial charge in [0.1, 0.15) is 48.8 Å². The third kappa shape index (κ3) is 7.41. The Morgan fingerprint density at radius 3 is 1.84 bits per heavy atom. The topological polar surface area (TPSA) is 102 Å². The SMILES string of the molecule is CC1(C)OCC(C2O[C@@H]3OC(C)(C)OC3[C@H]2O[C@H]2OC3COC(c4ccccc4)O[C@H]3[C@@H](OCc3ccccc3)C2OCc2ccccc2)O1. The van der Waals surface area contributed by atoms with Crippen LogP contribution in [0.1, 0.15) is 50.7 Å². The fraction of sp³-hybridized carbons (Fsp3) is 0.538. The molecule has 5 aliphatic rings. The van der Waals surface area contributed by atoms with Crippen LogP contribution in [0.4, 0.5) is 0 Å². The van der Waals surface area contributed by atoms with E-state index in [1.807, 2.05) is 119 Å². The van der Waals surface area contributed by atoms with Gasteiger partial charge in [-0.2, -0.15) is 0 Å². The molecule has 11 heteroatoms. The van der Waals surface area contributed by atoms with E-state index < -0.39 is 79.3 Å². The van der Waals surface area contributed by atoms with Crippen LogP contribution in [0.5, 0.6) is 0 Å². The summed E-state index contributed by atoms with van der Waals surface area (Å²) in [5.41, 5.74) is 2.93. The second kappa shape index (κ2) is 14.3. The summed E-state index contributed by atoms with van der Waals surface area (Å²) in [4.78, 5) is 0. The van der Waals surface area contributed by atoms with Crippen molar-refractivity contribution in [1.82, 2.24) is 0 Å². The minimum absolute atomic E-state index is 0.262. The lowest BCUT2D eigenvalue weighted by atomic mass is 9.96. The zero-order valence-electron chi connectivity index (χ0n) is 28.8. The third-order valence-electron chi connectivity index (χ3n) is 9.64. The molecular formula is C39H46O11. The van der Waals surface area contributed by atoms with E-state index in [2.05, 4.69) is 0 Å². The molecule has 5 aliphatic heterocycles. The van der Waals surface area contributed by atoms with Gasteiger partial charge in [-0.25, -0.2) is 0 Å². The van der Waals surface area contributed by atoms with E-state index in [-0.39, 0.29) is 6.61 Å². The highest BCUT2D eigenvalue weighted by Crippen LogP contribution is 2.44. The molecule has 0 N–H and O–H groups in total. The van der Waals surface area contributed by atoms with Gasteiger partial charge in [-0.3, -0.25) is 0 Å². The molecule has 0 aliphatic carbocycles. The highest BCUT2D eigenvalue weighted by Gasteiger charge is 2.61. The summed E-state index contributed by atoms with van der Waals surface area (Å²) in [6.07, 6.45) is -6.73. The molecule has 3 aromatic rings. The Balaban J connectivity index is 1.12. The van der Waals surface area contributed by atoms with Crippen LogP contribution in [0.2, 0.25) is 0 Å². The Bertz CT molecular complexity index is 1540. The number of benzene rings is 3. The van der Waals surface area contributed by atoms with Gasteiger partial charge in [-0.15, -0.1) is 0 Å². The standard InChI is InChI=1S/C39H46O11/c1-38(2)43-23-28(48-38)30-32(34-37(46-30)50-39(3,4)49-34)47-36-33(41-21-25-16-10-6-11-17-25)31(40-20-24-14-8-5-9-15-24)29-27(44-36)22-42-35(45-29)26-18-12-7-13-19-26/h5-19,27-37H,20-23H2,1-4H3/t27?,28?,29-,30?,31-,32+,33?,34?,35?,36-,37-/m1/s1. The van der Waals surface area contributed by atoms with E-state index in [1.165, 1.54) is 0 Å². The minimum Gasteiger partial charge on any atom is -0.368 e. The molecule has 268 valence electrons. The van der Waals surface area contributed by atoms with E-state index >= 15 is 0 Å². The third-order valence-corrected chi connectivity index (χ3v) is 9.64. The second-order valence-corrected chi connectivity index (χ2v) is 14.3. The molecule has 0 aromatic heterocycles. The van der Waals surface area contributed by atoms with Crippen molar-refractivity contribution in [2.45, 2.75) is 120 Å². The lowest BCUT2D eigenvalue weighted by molar-refractivity contribution is -0.381. The van der Waals surface area contributed by atoms with Gasteiger partial charge in [0.15, 0.2) is 30.4 Å². The van der Waals surface area contributed by atoms with Crippen molar-refractivity contribution in [2.75, 3.05) is 13.2 Å². The summed E-state index contributed by atoms with van der Waals surface area (Å²) in [6.45, 7) is 8.71. The van der Waals surface area contributed by atoms with Crippen molar-refractivity contribution in [3.05, 3.63) is 108 Å². The monoisotopic (exact) mass is 690 g/mol. The molecule has 50 heavy (non-hydrogen) atoms. The summed E-state index contributed by atoms with van der Waals surface area (Å²) in [7, 11) is 0. The van der Waals surface area contributed by atoms with Crippen LogP contribution in [0, 0.1) is 0 Å². The molecule has 3 aromatic carbocycles. The van der Waals surface area contributed by atoms with Gasteiger partial charge in [0.25, 0.3) is 0 Å². The average Bonchev–Trinajstić information content (AvgIpc) is 3.75. The number of hydrogen-bond acceptors (Lipinski definition) is 11. The first-order valence-electron chi connectivity index (χ1n) is 17.5. The Labute approximate surface area is 292 Å². The average molecular weight is 691 g/mol. The molecule has 5 saturated heterocycles. The smallest absolute Gasteiger partial charge is 0.190 e. The largest absolute Gasteiger partial charge is 0.368 e. The molecule has 0 radical (unpaired) electrons. The van der Waals surface area contributed by atoms with Gasteiger partial charge in [0.2, 0.25) is 0 Å². The molecule has 0 saturated carbocycles. The van der Waals surface area contributed by atoms with Crippen molar-refractivity contribution in [3.63, 3.8) is 0 Å². The molecular weight excluding hydrogens is 644 g/mol. The second-order valence-electron chi connectivity index (χ2n) is 14.3. The van der Waals surface area contributed by atoms with Crippen LogP contribution in [0.25, 0.3) is 0 Å². The van der Waals surface area contributed by atoms with Gasteiger partial charge < -0.3 is 52.1 Å². The summed E-state index contributed by atoms with van der Waals surface area (Å²) < 4.78 is 71.5. The van der Waals surface area contributed by atoms with Crippen molar-refractivity contribution in [3.8, 4) is 0 Å². The van der Waals surface area contributed by atoms with Crippen molar-refractivity contribution < 1.29 is 52.1 Å². The number of fused-ring (bicyclic) bond motifs is 2. The van der Waals surface area contributed by atoms with E-state index in [4.69, 9.17) is 52.1 Å². The molecule has 5 fully saturated rings. The first-order chi connectivity index (χ1) is 24.2. The van der Waals surface area contributed by atoms with E-state index in [1.54, 1.807) is 0 Å². The zero-order valence-corrected chi connectivity index (χ0v) is 28.8. The van der Waals surface area contributed by atoms with Gasteiger partial charge in [-0.05, 0) is 38.8 Å². The summed E-state index contributed by atoms with van der Waals surface area (Å²) in [6, 6.07) is 29.9. The summed E-state index contributed by atoms with van der Waals surface area (Å²) in [5.74, 6) is -1.63. The van der Waals surface area contributed by atoms with Gasteiger partial charge in [0, 0.05) is 5.56 Å². The lowest BCUT2D eigenvalue weighted by Crippen LogP contribution is -2.64. The van der Waals surface area contributed by atoms with Crippen LogP contribution >= 0.6 is 0 Å². The van der Waals surface area contributed by atoms with E-state index in [9.17, 15) is 0 Å². The highest BCUT2D eigenvalue weighted by molar-refractivity contribution is 5.18. The van der Waals surface area contributed by atoms with Crippen LogP contribution in [-0.2, 0) is 65.3 Å². The molecule has 11 atom stereocenters. The first-order valence-corrected chi connectivity index (χ1v) is 17.5. The fourth-order valence-corrected chi connectivity index (χ4v) is 7.33. The zero-order chi connectivity index (χ0) is 34.3. The highest BCUT2D eigenvalue weighted by atomic mass is 16.9. The number of ether oxygens (including phenoxy) is 11. The van der Waals surface area contributed by atoms with Crippen LogP contribution in [0.15, 0.2) is 91.0 Å². The Kier molecular flexibility index (Phi) is 9.83. The predicted octanol–water partition coefficient (Wildman–Crippen LogP) is 5.41. The molecule has 0 bridgehead atoms. The summed E-state index contributed by atoms with van der Waals surface area (Å²) >= 11 is 0. The predicted molar refractivity (Wildman–Crippen MR) is 177 cm³/mol. The maximum absolute atomic E-state index is 6.99. The van der Waals surface area contributed by atoms with E-state index in [0.29, 0.717) is 19.8 Å². The van der Waals surface area contributed by atoms with Crippen LogP contribution < -0.4 is 0 Å². The Morgan fingerprint density at radius 1 is 0.580 bits per heavy atom. The summed E-state index contributed by atoms with van der Waals surface area (Å²) in [5, 5.41) is 0. The van der Waals surface area contributed by atoms with Crippen LogP contribution in [0.3, 0.4) is 0 Å².